The second-order valence-electron chi connectivity index (χ2n) is 5.68. The van der Waals surface area contributed by atoms with E-state index in [2.05, 4.69) is 0 Å². The van der Waals surface area contributed by atoms with Crippen LogP contribution in [0.2, 0.25) is 0 Å². The van der Waals surface area contributed by atoms with Gasteiger partial charge in [-0.25, -0.2) is 0 Å². The Hall–Kier alpha value is -2.83. The molecule has 0 radical (unpaired) electrons. The lowest BCUT2D eigenvalue weighted by atomic mass is 10.1. The minimum absolute atomic E-state index is 0.118. The lowest BCUT2D eigenvalue weighted by Gasteiger charge is -2.12. The van der Waals surface area contributed by atoms with Crippen LogP contribution in [0.1, 0.15) is 21.5 Å². The van der Waals surface area contributed by atoms with Crippen molar-refractivity contribution in [3.05, 3.63) is 59.2 Å². The van der Waals surface area contributed by atoms with Gasteiger partial charge in [0.15, 0.2) is 19.4 Å². The van der Waals surface area contributed by atoms with Crippen molar-refractivity contribution >= 4 is 11.9 Å². The standard InChI is InChI=1S/C21H24O6/c1-15-11-17(21(25-4)12-20(15)27-14-24-3)7-10-19(22)16-5-8-18(9-6-16)26-13-23-2/h5-12H,13-14H2,1-4H3. The summed E-state index contributed by atoms with van der Waals surface area (Å²) in [4.78, 5) is 12.4. The lowest BCUT2D eigenvalue weighted by Crippen LogP contribution is -2.01. The van der Waals surface area contributed by atoms with Gasteiger partial charge in [-0.1, -0.05) is 0 Å². The van der Waals surface area contributed by atoms with Gasteiger partial charge in [-0.05, 0) is 55.0 Å². The highest BCUT2D eigenvalue weighted by Crippen LogP contribution is 2.30. The third kappa shape index (κ3) is 5.84. The minimum Gasteiger partial charge on any atom is -0.496 e. The molecule has 0 atom stereocenters. The molecule has 0 aliphatic rings. The molecule has 6 nitrogen and oxygen atoms in total. The van der Waals surface area contributed by atoms with Gasteiger partial charge < -0.3 is 23.7 Å². The van der Waals surface area contributed by atoms with Crippen LogP contribution in [0.25, 0.3) is 6.08 Å². The Bertz CT molecular complexity index is 780. The Morgan fingerprint density at radius 2 is 1.59 bits per heavy atom. The average Bonchev–Trinajstić information content (AvgIpc) is 2.70. The summed E-state index contributed by atoms with van der Waals surface area (Å²) in [6.07, 6.45) is 3.24. The van der Waals surface area contributed by atoms with Gasteiger partial charge in [0.25, 0.3) is 0 Å². The van der Waals surface area contributed by atoms with Crippen LogP contribution in [0.15, 0.2) is 42.5 Å². The summed E-state index contributed by atoms with van der Waals surface area (Å²) < 4.78 is 26.0. The Morgan fingerprint density at radius 1 is 0.926 bits per heavy atom. The van der Waals surface area contributed by atoms with Gasteiger partial charge in [0.05, 0.1) is 7.11 Å². The molecule has 2 aromatic rings. The van der Waals surface area contributed by atoms with Gasteiger partial charge in [0, 0.05) is 31.4 Å². The van der Waals surface area contributed by atoms with Crippen LogP contribution in [-0.2, 0) is 9.47 Å². The molecule has 0 N–H and O–H groups in total. The minimum atomic E-state index is -0.118. The molecule has 0 fully saturated rings. The third-order valence-corrected chi connectivity index (χ3v) is 3.76. The molecule has 0 bridgehead atoms. The number of aryl methyl sites for hydroxylation is 1. The van der Waals surface area contributed by atoms with E-state index in [9.17, 15) is 4.79 Å². The van der Waals surface area contributed by atoms with E-state index in [0.717, 1.165) is 11.1 Å². The zero-order chi connectivity index (χ0) is 19.6. The number of carbonyl (C=O) groups is 1. The van der Waals surface area contributed by atoms with E-state index in [1.54, 1.807) is 57.7 Å². The van der Waals surface area contributed by atoms with Crippen molar-refractivity contribution in [2.24, 2.45) is 0 Å². The van der Waals surface area contributed by atoms with E-state index >= 15 is 0 Å². The Labute approximate surface area is 159 Å². The summed E-state index contributed by atoms with van der Waals surface area (Å²) in [5.74, 6) is 1.80. The lowest BCUT2D eigenvalue weighted by molar-refractivity contribution is 0.0504. The van der Waals surface area contributed by atoms with Crippen LogP contribution < -0.4 is 14.2 Å². The maximum Gasteiger partial charge on any atom is 0.188 e. The molecule has 0 unspecified atom stereocenters. The summed E-state index contributed by atoms with van der Waals surface area (Å²) in [6, 6.07) is 10.6. The number of benzene rings is 2. The van der Waals surface area contributed by atoms with Crippen LogP contribution in [0.4, 0.5) is 0 Å². The van der Waals surface area contributed by atoms with E-state index in [1.807, 2.05) is 13.0 Å². The van der Waals surface area contributed by atoms with Crippen molar-refractivity contribution < 1.29 is 28.5 Å². The van der Waals surface area contributed by atoms with Gasteiger partial charge in [0.1, 0.15) is 17.2 Å². The maximum atomic E-state index is 12.4. The first-order valence-corrected chi connectivity index (χ1v) is 8.33. The third-order valence-electron chi connectivity index (χ3n) is 3.76. The summed E-state index contributed by atoms with van der Waals surface area (Å²) in [5.41, 5.74) is 2.26. The zero-order valence-corrected chi connectivity index (χ0v) is 16.0. The first-order chi connectivity index (χ1) is 13.1. The van der Waals surface area contributed by atoms with Crippen molar-refractivity contribution in [2.45, 2.75) is 6.92 Å². The number of ether oxygens (including phenoxy) is 5. The number of methoxy groups -OCH3 is 3. The summed E-state index contributed by atoms with van der Waals surface area (Å²) in [5, 5.41) is 0. The fourth-order valence-corrected chi connectivity index (χ4v) is 2.38. The van der Waals surface area contributed by atoms with E-state index in [1.165, 1.54) is 6.08 Å². The van der Waals surface area contributed by atoms with Crippen molar-refractivity contribution in [3.63, 3.8) is 0 Å². The smallest absolute Gasteiger partial charge is 0.188 e. The van der Waals surface area contributed by atoms with Crippen molar-refractivity contribution in [3.8, 4) is 17.2 Å². The van der Waals surface area contributed by atoms with Crippen molar-refractivity contribution in [2.75, 3.05) is 34.9 Å². The van der Waals surface area contributed by atoms with Crippen molar-refractivity contribution in [1.29, 1.82) is 0 Å². The molecule has 0 aliphatic heterocycles. The van der Waals surface area contributed by atoms with Crippen LogP contribution in [0.5, 0.6) is 17.2 Å². The molecule has 0 aromatic heterocycles. The first kappa shape index (κ1) is 20.5. The van der Waals surface area contributed by atoms with Gasteiger partial charge in [-0.2, -0.15) is 0 Å². The van der Waals surface area contributed by atoms with Crippen LogP contribution in [-0.4, -0.2) is 40.7 Å². The van der Waals surface area contributed by atoms with Crippen LogP contribution in [0, 0.1) is 6.92 Å². The Balaban J connectivity index is 2.14. The fourth-order valence-electron chi connectivity index (χ4n) is 2.38. The molecule has 0 saturated carbocycles. The first-order valence-electron chi connectivity index (χ1n) is 8.33. The summed E-state index contributed by atoms with van der Waals surface area (Å²) in [7, 11) is 4.68. The number of allylic oxidation sites excluding steroid dienone is 1. The summed E-state index contributed by atoms with van der Waals surface area (Å²) >= 11 is 0. The summed E-state index contributed by atoms with van der Waals surface area (Å²) in [6.45, 7) is 2.24. The van der Waals surface area contributed by atoms with Crippen LogP contribution >= 0.6 is 0 Å². The van der Waals surface area contributed by atoms with Gasteiger partial charge in [0.2, 0.25) is 0 Å². The van der Waals surface area contributed by atoms with E-state index in [0.29, 0.717) is 22.8 Å². The molecule has 0 saturated heterocycles. The molecule has 0 spiro atoms. The SMILES string of the molecule is COCOc1ccc(C(=O)C=Cc2cc(C)c(OCOC)cc2OC)cc1. The maximum absolute atomic E-state index is 12.4. The molecule has 144 valence electrons. The highest BCUT2D eigenvalue weighted by molar-refractivity contribution is 6.07. The molecule has 2 aromatic carbocycles. The second-order valence-corrected chi connectivity index (χ2v) is 5.68. The average molecular weight is 372 g/mol. The largest absolute Gasteiger partial charge is 0.496 e. The number of hydrogen-bond donors (Lipinski definition) is 0. The molecule has 27 heavy (non-hydrogen) atoms. The second kappa shape index (κ2) is 10.4. The normalized spacial score (nSPS) is 10.8. The molecule has 0 aliphatic carbocycles. The number of ketones is 1. The zero-order valence-electron chi connectivity index (χ0n) is 16.0. The van der Waals surface area contributed by atoms with Gasteiger partial charge in [-0.3, -0.25) is 4.79 Å². The fraction of sp³-hybridized carbons (Fsp3) is 0.286. The predicted molar refractivity (Wildman–Crippen MR) is 103 cm³/mol. The van der Waals surface area contributed by atoms with E-state index < -0.39 is 0 Å². The molecule has 0 heterocycles. The number of hydrogen-bond acceptors (Lipinski definition) is 6. The van der Waals surface area contributed by atoms with Crippen molar-refractivity contribution in [1.82, 2.24) is 0 Å². The number of rotatable bonds is 10. The highest BCUT2D eigenvalue weighted by Gasteiger charge is 2.09. The molecule has 0 amide bonds. The van der Waals surface area contributed by atoms with E-state index in [4.69, 9.17) is 23.7 Å². The molecule has 6 heteroatoms. The molecular formula is C21H24O6. The highest BCUT2D eigenvalue weighted by atomic mass is 16.7. The Morgan fingerprint density at radius 3 is 2.22 bits per heavy atom. The van der Waals surface area contributed by atoms with Crippen LogP contribution in [0.3, 0.4) is 0 Å². The quantitative estimate of drug-likeness (QED) is 0.358. The van der Waals surface area contributed by atoms with E-state index in [-0.39, 0.29) is 19.4 Å². The number of carbonyl (C=O) groups excluding carboxylic acids is 1. The molecule has 2 rings (SSSR count). The molecular weight excluding hydrogens is 348 g/mol. The topological polar surface area (TPSA) is 63.2 Å². The monoisotopic (exact) mass is 372 g/mol. The Kier molecular flexibility index (Phi) is 7.85. The van der Waals surface area contributed by atoms with Gasteiger partial charge in [-0.15, -0.1) is 0 Å². The predicted octanol–water partition coefficient (Wildman–Crippen LogP) is 3.87. The van der Waals surface area contributed by atoms with Gasteiger partial charge >= 0.3 is 0 Å².